The molecule has 0 amide bonds. The van der Waals surface area contributed by atoms with Gasteiger partial charge < -0.3 is 0 Å². The van der Waals surface area contributed by atoms with Gasteiger partial charge in [0.1, 0.15) is 11.4 Å². The Balaban J connectivity index is 1.03. The van der Waals surface area contributed by atoms with Gasteiger partial charge in [0, 0.05) is 26.5 Å². The Hall–Kier alpha value is -6.88. The third-order valence-corrected chi connectivity index (χ3v) is 12.4. The standard InChI is InChI=1S/C52H33N3S/c1-3-16-34(17-4-1)49-50(35-18-5-2-6-19-35)54-55-51(53-49)42-25-8-7-22-39(42)38-21-15-20-36(32-38)37-30-31-46-48(33-37)56-47-29-14-13-28-45(47)52(46)43-26-11-9-23-40(43)41-24-10-12-27-44(41)52/h1-33H. The van der Waals surface area contributed by atoms with Gasteiger partial charge in [0.25, 0.3) is 0 Å². The van der Waals surface area contributed by atoms with Gasteiger partial charge in [-0.2, -0.15) is 0 Å². The molecule has 0 saturated heterocycles. The third-order valence-electron chi connectivity index (χ3n) is 11.3. The van der Waals surface area contributed by atoms with Gasteiger partial charge in [0.15, 0.2) is 5.82 Å². The Morgan fingerprint density at radius 1 is 0.321 bits per heavy atom. The minimum atomic E-state index is -0.383. The molecule has 0 bridgehead atoms. The zero-order chi connectivity index (χ0) is 37.1. The Labute approximate surface area is 330 Å². The summed E-state index contributed by atoms with van der Waals surface area (Å²) in [5.41, 5.74) is 16.6. The summed E-state index contributed by atoms with van der Waals surface area (Å²) in [7, 11) is 0. The van der Waals surface area contributed by atoms with Crippen LogP contribution in [0.5, 0.6) is 0 Å². The smallest absolute Gasteiger partial charge is 0.182 e. The molecule has 56 heavy (non-hydrogen) atoms. The summed E-state index contributed by atoms with van der Waals surface area (Å²) in [6, 6.07) is 71.6. The molecule has 8 aromatic carbocycles. The zero-order valence-electron chi connectivity index (χ0n) is 30.3. The molecular formula is C52H33N3S. The van der Waals surface area contributed by atoms with Gasteiger partial charge in [-0.1, -0.05) is 194 Å². The summed E-state index contributed by atoms with van der Waals surface area (Å²) < 4.78 is 0. The lowest BCUT2D eigenvalue weighted by atomic mass is 9.67. The van der Waals surface area contributed by atoms with Crippen LogP contribution < -0.4 is 0 Å². The molecule has 1 aliphatic heterocycles. The highest BCUT2D eigenvalue weighted by molar-refractivity contribution is 7.99. The number of hydrogen-bond acceptors (Lipinski definition) is 4. The van der Waals surface area contributed by atoms with Gasteiger partial charge in [-0.15, -0.1) is 10.2 Å². The monoisotopic (exact) mass is 731 g/mol. The van der Waals surface area contributed by atoms with Gasteiger partial charge in [0.05, 0.1) is 5.41 Å². The summed E-state index contributed by atoms with van der Waals surface area (Å²) in [5.74, 6) is 0.593. The van der Waals surface area contributed by atoms with Crippen molar-refractivity contribution in [3.05, 3.63) is 222 Å². The van der Waals surface area contributed by atoms with Crippen LogP contribution in [0, 0.1) is 0 Å². The molecule has 0 saturated carbocycles. The molecule has 9 aromatic rings. The van der Waals surface area contributed by atoms with E-state index in [2.05, 4.69) is 158 Å². The lowest BCUT2D eigenvalue weighted by Crippen LogP contribution is -2.31. The van der Waals surface area contributed by atoms with E-state index in [0.717, 1.165) is 44.8 Å². The van der Waals surface area contributed by atoms with E-state index in [-0.39, 0.29) is 5.41 Å². The lowest BCUT2D eigenvalue weighted by molar-refractivity contribution is 0.722. The summed E-state index contributed by atoms with van der Waals surface area (Å²) in [4.78, 5) is 7.80. The van der Waals surface area contributed by atoms with E-state index in [9.17, 15) is 0 Å². The van der Waals surface area contributed by atoms with Crippen LogP contribution in [0.15, 0.2) is 210 Å². The number of hydrogen-bond donors (Lipinski definition) is 0. The molecule has 4 heteroatoms. The molecule has 2 heterocycles. The molecular weight excluding hydrogens is 699 g/mol. The molecule has 1 aromatic heterocycles. The van der Waals surface area contributed by atoms with Crippen LogP contribution in [0.2, 0.25) is 0 Å². The average Bonchev–Trinajstić information content (AvgIpc) is 3.57. The van der Waals surface area contributed by atoms with Crippen LogP contribution in [0.1, 0.15) is 22.3 Å². The van der Waals surface area contributed by atoms with E-state index >= 15 is 0 Å². The molecule has 2 aliphatic rings. The Morgan fingerprint density at radius 2 is 0.839 bits per heavy atom. The number of fused-ring (bicyclic) bond motifs is 9. The fraction of sp³-hybridized carbons (Fsp3) is 0.0192. The van der Waals surface area contributed by atoms with Gasteiger partial charge in [-0.05, 0) is 73.8 Å². The van der Waals surface area contributed by atoms with Crippen LogP contribution >= 0.6 is 11.8 Å². The first-order valence-corrected chi connectivity index (χ1v) is 19.8. The Kier molecular flexibility index (Phi) is 7.64. The lowest BCUT2D eigenvalue weighted by Gasteiger charge is -2.39. The molecule has 1 aliphatic carbocycles. The number of benzene rings is 8. The fourth-order valence-electron chi connectivity index (χ4n) is 8.86. The summed E-state index contributed by atoms with van der Waals surface area (Å²) in [5, 5.41) is 9.55. The van der Waals surface area contributed by atoms with Crippen molar-refractivity contribution in [3.63, 3.8) is 0 Å². The van der Waals surface area contributed by atoms with Crippen molar-refractivity contribution in [1.82, 2.24) is 15.2 Å². The minimum absolute atomic E-state index is 0.383. The summed E-state index contributed by atoms with van der Waals surface area (Å²) >= 11 is 1.88. The highest BCUT2D eigenvalue weighted by Gasteiger charge is 2.50. The highest BCUT2D eigenvalue weighted by atomic mass is 32.2. The van der Waals surface area contributed by atoms with E-state index in [1.54, 1.807) is 0 Å². The van der Waals surface area contributed by atoms with Crippen LogP contribution in [0.25, 0.3) is 67.3 Å². The summed E-state index contributed by atoms with van der Waals surface area (Å²) in [6.45, 7) is 0. The van der Waals surface area contributed by atoms with Crippen molar-refractivity contribution in [2.24, 2.45) is 0 Å². The second kappa shape index (κ2) is 13.2. The minimum Gasteiger partial charge on any atom is -0.224 e. The molecule has 1 spiro atoms. The molecule has 0 N–H and O–H groups in total. The predicted octanol–water partition coefficient (Wildman–Crippen LogP) is 13.0. The molecule has 3 nitrogen and oxygen atoms in total. The van der Waals surface area contributed by atoms with E-state index in [1.807, 2.05) is 54.2 Å². The number of rotatable bonds is 5. The van der Waals surface area contributed by atoms with E-state index < -0.39 is 0 Å². The van der Waals surface area contributed by atoms with Crippen LogP contribution in [0.4, 0.5) is 0 Å². The maximum absolute atomic E-state index is 5.21. The van der Waals surface area contributed by atoms with E-state index in [1.165, 1.54) is 48.7 Å². The van der Waals surface area contributed by atoms with E-state index in [4.69, 9.17) is 15.2 Å². The Morgan fingerprint density at radius 3 is 1.55 bits per heavy atom. The number of nitrogens with zero attached hydrogens (tertiary/aromatic N) is 3. The second-order valence-corrected chi connectivity index (χ2v) is 15.4. The summed E-state index contributed by atoms with van der Waals surface area (Å²) in [6.07, 6.45) is 0. The van der Waals surface area contributed by atoms with Gasteiger partial charge in [-0.25, -0.2) is 4.98 Å². The second-order valence-electron chi connectivity index (χ2n) is 14.3. The number of aromatic nitrogens is 3. The first kappa shape index (κ1) is 32.5. The van der Waals surface area contributed by atoms with Gasteiger partial charge in [-0.3, -0.25) is 0 Å². The maximum Gasteiger partial charge on any atom is 0.182 e. The van der Waals surface area contributed by atoms with Crippen molar-refractivity contribution >= 4 is 11.8 Å². The molecule has 11 rings (SSSR count). The topological polar surface area (TPSA) is 38.7 Å². The fourth-order valence-corrected chi connectivity index (χ4v) is 10.1. The van der Waals surface area contributed by atoms with Crippen molar-refractivity contribution in [3.8, 4) is 67.3 Å². The molecule has 0 unspecified atom stereocenters. The van der Waals surface area contributed by atoms with E-state index in [0.29, 0.717) is 5.82 Å². The van der Waals surface area contributed by atoms with Crippen molar-refractivity contribution in [1.29, 1.82) is 0 Å². The Bertz CT molecular complexity index is 2910. The maximum atomic E-state index is 5.21. The first-order valence-electron chi connectivity index (χ1n) is 18.9. The molecule has 0 fully saturated rings. The SMILES string of the molecule is c1ccc(-c2nnc(-c3ccccc3-c3cccc(-c4ccc5c(c4)Sc4ccccc4C54c5ccccc5-c5ccccc54)c3)nc2-c2ccccc2)cc1. The molecule has 262 valence electrons. The normalized spacial score (nSPS) is 13.1. The van der Waals surface area contributed by atoms with Crippen molar-refractivity contribution in [2.45, 2.75) is 15.2 Å². The highest BCUT2D eigenvalue weighted by Crippen LogP contribution is 2.62. The van der Waals surface area contributed by atoms with Gasteiger partial charge in [0.2, 0.25) is 0 Å². The van der Waals surface area contributed by atoms with Crippen molar-refractivity contribution in [2.75, 3.05) is 0 Å². The first-order chi connectivity index (χ1) is 27.8. The van der Waals surface area contributed by atoms with Crippen LogP contribution in [0.3, 0.4) is 0 Å². The van der Waals surface area contributed by atoms with Gasteiger partial charge >= 0.3 is 0 Å². The molecule has 0 atom stereocenters. The van der Waals surface area contributed by atoms with Crippen LogP contribution in [-0.4, -0.2) is 15.2 Å². The van der Waals surface area contributed by atoms with Crippen LogP contribution in [-0.2, 0) is 5.41 Å². The molecule has 0 radical (unpaired) electrons. The quantitative estimate of drug-likeness (QED) is 0.177. The third kappa shape index (κ3) is 5.03. The zero-order valence-corrected chi connectivity index (χ0v) is 31.1. The average molecular weight is 732 g/mol. The van der Waals surface area contributed by atoms with Crippen molar-refractivity contribution < 1.29 is 0 Å². The largest absolute Gasteiger partial charge is 0.224 e. The predicted molar refractivity (Wildman–Crippen MR) is 228 cm³/mol.